The van der Waals surface area contributed by atoms with Crippen molar-refractivity contribution in [1.29, 1.82) is 0 Å². The number of methoxy groups -OCH3 is 1. The summed E-state index contributed by atoms with van der Waals surface area (Å²) in [5.41, 5.74) is 0.324. The molecule has 1 aromatic rings. The molecule has 0 aliphatic carbocycles. The number of hydrogen-bond acceptors (Lipinski definition) is 4. The van der Waals surface area contributed by atoms with Crippen LogP contribution in [0, 0.1) is 0 Å². The smallest absolute Gasteiger partial charge is 0.326 e. The minimum atomic E-state index is -1.08. The van der Waals surface area contributed by atoms with Gasteiger partial charge in [0.1, 0.15) is 11.8 Å². The highest BCUT2D eigenvalue weighted by atomic mass is 79.9. The van der Waals surface area contributed by atoms with E-state index in [0.29, 0.717) is 21.5 Å². The van der Waals surface area contributed by atoms with Gasteiger partial charge in [-0.15, -0.1) is 0 Å². The van der Waals surface area contributed by atoms with Crippen molar-refractivity contribution < 1.29 is 19.4 Å². The molecule has 104 valence electrons. The largest absolute Gasteiger partial charge is 0.497 e. The molecular weight excluding hydrogens is 334 g/mol. The number of ether oxygens (including phenoxy) is 1. The standard InChI is InChI=1S/C12H14BrNO4S/c1-18-7-2-3-9(13)8(6-7)11(15)14-10(4-5-19)12(16)17/h2-3,6,10,19H,4-5H2,1H3,(H,14,15)(H,16,17). The Bertz CT molecular complexity index is 481. The van der Waals surface area contributed by atoms with Crippen LogP contribution in [0.3, 0.4) is 0 Å². The highest BCUT2D eigenvalue weighted by molar-refractivity contribution is 9.10. The van der Waals surface area contributed by atoms with Gasteiger partial charge in [-0.05, 0) is 46.3 Å². The lowest BCUT2D eigenvalue weighted by Crippen LogP contribution is -2.41. The zero-order valence-corrected chi connectivity index (χ0v) is 12.7. The summed E-state index contributed by atoms with van der Waals surface area (Å²) in [4.78, 5) is 23.0. The second-order valence-electron chi connectivity index (χ2n) is 3.72. The first-order valence-electron chi connectivity index (χ1n) is 5.47. The summed E-state index contributed by atoms with van der Waals surface area (Å²) < 4.78 is 5.60. The van der Waals surface area contributed by atoms with Gasteiger partial charge in [-0.1, -0.05) is 0 Å². The van der Waals surface area contributed by atoms with E-state index in [4.69, 9.17) is 9.84 Å². The molecule has 0 radical (unpaired) electrons. The molecule has 0 spiro atoms. The van der Waals surface area contributed by atoms with Crippen LogP contribution in [0.2, 0.25) is 0 Å². The van der Waals surface area contributed by atoms with Gasteiger partial charge in [0.05, 0.1) is 12.7 Å². The molecule has 0 bridgehead atoms. The molecule has 1 aromatic carbocycles. The Morgan fingerprint density at radius 1 is 1.53 bits per heavy atom. The third-order valence-electron chi connectivity index (χ3n) is 2.44. The van der Waals surface area contributed by atoms with Gasteiger partial charge in [0.15, 0.2) is 0 Å². The zero-order valence-electron chi connectivity index (χ0n) is 10.2. The minimum Gasteiger partial charge on any atom is -0.497 e. The van der Waals surface area contributed by atoms with Crippen LogP contribution in [0.15, 0.2) is 22.7 Å². The number of hydrogen-bond donors (Lipinski definition) is 3. The van der Waals surface area contributed by atoms with Crippen molar-refractivity contribution in [3.05, 3.63) is 28.2 Å². The summed E-state index contributed by atoms with van der Waals surface area (Å²) in [5, 5.41) is 11.4. The Kier molecular flexibility index (Phi) is 6.17. The second kappa shape index (κ2) is 7.40. The average molecular weight is 348 g/mol. The molecular formula is C12H14BrNO4S. The van der Waals surface area contributed by atoms with Crippen molar-refractivity contribution in [2.75, 3.05) is 12.9 Å². The lowest BCUT2D eigenvalue weighted by atomic mass is 10.1. The van der Waals surface area contributed by atoms with Crippen LogP contribution in [0.1, 0.15) is 16.8 Å². The quantitative estimate of drug-likeness (QED) is 0.687. The number of rotatable bonds is 6. The molecule has 7 heteroatoms. The molecule has 5 nitrogen and oxygen atoms in total. The Morgan fingerprint density at radius 3 is 2.74 bits per heavy atom. The maximum Gasteiger partial charge on any atom is 0.326 e. The number of carboxylic acid groups (broad SMARTS) is 1. The van der Waals surface area contributed by atoms with E-state index in [2.05, 4.69) is 33.9 Å². The number of halogens is 1. The van der Waals surface area contributed by atoms with Gasteiger partial charge in [-0.3, -0.25) is 4.79 Å². The fourth-order valence-electron chi connectivity index (χ4n) is 1.43. The van der Waals surface area contributed by atoms with Crippen LogP contribution in [-0.4, -0.2) is 35.9 Å². The molecule has 2 N–H and O–H groups in total. The summed E-state index contributed by atoms with van der Waals surface area (Å²) in [7, 11) is 1.49. The van der Waals surface area contributed by atoms with Crippen molar-refractivity contribution in [2.24, 2.45) is 0 Å². The van der Waals surface area contributed by atoms with Crippen molar-refractivity contribution in [3.8, 4) is 5.75 Å². The average Bonchev–Trinajstić information content (AvgIpc) is 2.38. The van der Waals surface area contributed by atoms with Gasteiger partial charge < -0.3 is 15.2 Å². The summed E-state index contributed by atoms with van der Waals surface area (Å²) >= 11 is 7.22. The van der Waals surface area contributed by atoms with E-state index in [9.17, 15) is 9.59 Å². The molecule has 1 amide bonds. The highest BCUT2D eigenvalue weighted by Crippen LogP contribution is 2.22. The number of aliphatic carboxylic acids is 1. The molecule has 1 atom stereocenters. The van der Waals surface area contributed by atoms with Crippen LogP contribution in [0.5, 0.6) is 5.75 Å². The van der Waals surface area contributed by atoms with Crippen molar-refractivity contribution in [1.82, 2.24) is 5.32 Å². The van der Waals surface area contributed by atoms with E-state index in [1.54, 1.807) is 18.2 Å². The van der Waals surface area contributed by atoms with Crippen molar-refractivity contribution >= 4 is 40.4 Å². The third-order valence-corrected chi connectivity index (χ3v) is 3.39. The summed E-state index contributed by atoms with van der Waals surface area (Å²) in [6, 6.07) is 3.95. The lowest BCUT2D eigenvalue weighted by Gasteiger charge is -2.14. The molecule has 1 rings (SSSR count). The van der Waals surface area contributed by atoms with Gasteiger partial charge >= 0.3 is 5.97 Å². The van der Waals surface area contributed by atoms with Crippen LogP contribution < -0.4 is 10.1 Å². The summed E-state index contributed by atoms with van der Waals surface area (Å²) in [6.07, 6.45) is 0.256. The molecule has 1 unspecified atom stereocenters. The fourth-order valence-corrected chi connectivity index (χ4v) is 2.11. The van der Waals surface area contributed by atoms with Gasteiger partial charge in [0.2, 0.25) is 0 Å². The van der Waals surface area contributed by atoms with Crippen LogP contribution in [0.25, 0.3) is 0 Å². The van der Waals surface area contributed by atoms with Crippen molar-refractivity contribution in [2.45, 2.75) is 12.5 Å². The van der Waals surface area contributed by atoms with E-state index < -0.39 is 17.9 Å². The first-order valence-corrected chi connectivity index (χ1v) is 6.90. The third kappa shape index (κ3) is 4.43. The lowest BCUT2D eigenvalue weighted by molar-refractivity contribution is -0.139. The number of carbonyl (C=O) groups is 2. The van der Waals surface area contributed by atoms with Gasteiger partial charge in [0, 0.05) is 4.47 Å². The predicted octanol–water partition coefficient (Wildman–Crippen LogP) is 1.96. The van der Waals surface area contributed by atoms with Crippen LogP contribution in [0.4, 0.5) is 0 Å². The first-order chi connectivity index (χ1) is 8.99. The van der Waals surface area contributed by atoms with Crippen molar-refractivity contribution in [3.63, 3.8) is 0 Å². The maximum atomic E-state index is 12.0. The van der Waals surface area contributed by atoms with E-state index in [1.165, 1.54) is 7.11 Å². The van der Waals surface area contributed by atoms with Crippen LogP contribution in [-0.2, 0) is 4.79 Å². The Hall–Kier alpha value is -1.21. The van der Waals surface area contributed by atoms with E-state index in [0.717, 1.165) is 0 Å². The summed E-state index contributed by atoms with van der Waals surface area (Å²) in [6.45, 7) is 0. The molecule has 0 aromatic heterocycles. The number of nitrogens with one attached hydrogen (secondary N) is 1. The number of benzene rings is 1. The Morgan fingerprint density at radius 2 is 2.21 bits per heavy atom. The normalized spacial score (nSPS) is 11.7. The molecule has 0 saturated carbocycles. The maximum absolute atomic E-state index is 12.0. The Labute approximate surface area is 124 Å². The monoisotopic (exact) mass is 347 g/mol. The minimum absolute atomic E-state index is 0.256. The van der Waals surface area contributed by atoms with Crippen LogP contribution >= 0.6 is 28.6 Å². The topological polar surface area (TPSA) is 75.6 Å². The molecule has 0 heterocycles. The van der Waals surface area contributed by atoms with E-state index in [-0.39, 0.29) is 6.42 Å². The Balaban J connectivity index is 2.90. The number of carboxylic acids is 1. The molecule has 0 aliphatic rings. The molecule has 0 aliphatic heterocycles. The van der Waals surface area contributed by atoms with E-state index in [1.807, 2.05) is 0 Å². The predicted molar refractivity (Wildman–Crippen MR) is 78.1 cm³/mol. The van der Waals surface area contributed by atoms with E-state index >= 15 is 0 Å². The second-order valence-corrected chi connectivity index (χ2v) is 5.02. The zero-order chi connectivity index (χ0) is 14.4. The SMILES string of the molecule is COc1ccc(Br)c(C(=O)NC(CCS)C(=O)O)c1. The van der Waals surface area contributed by atoms with Gasteiger partial charge in [-0.25, -0.2) is 4.79 Å². The van der Waals surface area contributed by atoms with Gasteiger partial charge in [0.25, 0.3) is 5.91 Å². The summed E-state index contributed by atoms with van der Waals surface area (Å²) in [5.74, 6) is -0.660. The molecule has 0 fully saturated rings. The number of amides is 1. The number of thiol groups is 1. The first kappa shape index (κ1) is 15.8. The highest BCUT2D eigenvalue weighted by Gasteiger charge is 2.21. The fraction of sp³-hybridized carbons (Fsp3) is 0.333. The number of carbonyl (C=O) groups excluding carboxylic acids is 1. The van der Waals surface area contributed by atoms with Gasteiger partial charge in [-0.2, -0.15) is 12.6 Å². The molecule has 19 heavy (non-hydrogen) atoms. The molecule has 0 saturated heterocycles.